The Bertz CT molecular complexity index is 2230. The average molecular weight is 707 g/mol. The van der Waals surface area contributed by atoms with Crippen LogP contribution in [0.15, 0.2) is 48.7 Å². The predicted octanol–water partition coefficient (Wildman–Crippen LogP) is 6.88. The molecule has 3 atom stereocenters. The Morgan fingerprint density at radius 2 is 1.80 bits per heavy atom. The van der Waals surface area contributed by atoms with E-state index in [1.165, 1.54) is 4.40 Å². The molecule has 1 amide bonds. The number of benzene rings is 1. The molecule has 3 N–H and O–H groups in total. The molecule has 0 radical (unpaired) electrons. The van der Waals surface area contributed by atoms with Gasteiger partial charge in [-0.2, -0.15) is 13.9 Å². The molecule has 5 aromatic rings. The van der Waals surface area contributed by atoms with Crippen LogP contribution < -0.4 is 11.1 Å². The molecule has 1 saturated carbocycles. The van der Waals surface area contributed by atoms with E-state index in [4.69, 9.17) is 10.7 Å². The second-order valence-corrected chi connectivity index (χ2v) is 13.9. The van der Waals surface area contributed by atoms with Crippen LogP contribution in [0, 0.1) is 34.8 Å². The molecule has 15 heteroatoms. The highest BCUT2D eigenvalue weighted by atomic mass is 19.3. The molecule has 0 aliphatic heterocycles. The number of carbonyl (C=O) groups excluding carboxylic acids is 1. The minimum Gasteiger partial charge on any atom is -0.368 e. The lowest BCUT2D eigenvalue weighted by molar-refractivity contribution is -0.123. The van der Waals surface area contributed by atoms with Gasteiger partial charge in [-0.05, 0) is 93.8 Å². The van der Waals surface area contributed by atoms with Crippen molar-refractivity contribution in [2.75, 3.05) is 5.73 Å². The number of halogens is 6. The van der Waals surface area contributed by atoms with Crippen LogP contribution in [0.4, 0.5) is 32.3 Å². The van der Waals surface area contributed by atoms with E-state index in [2.05, 4.69) is 32.5 Å². The monoisotopic (exact) mass is 706 g/mol. The fourth-order valence-electron chi connectivity index (χ4n) is 6.93. The molecule has 2 aliphatic carbocycles. The summed E-state index contributed by atoms with van der Waals surface area (Å²) in [6, 6.07) is 8.52. The number of pyridine rings is 2. The van der Waals surface area contributed by atoms with E-state index in [1.54, 1.807) is 30.5 Å². The summed E-state index contributed by atoms with van der Waals surface area (Å²) < 4.78 is 90.2. The Balaban J connectivity index is 1.34. The maximum absolute atomic E-state index is 15.5. The second kappa shape index (κ2) is 12.4. The number of rotatable bonds is 8. The van der Waals surface area contributed by atoms with Gasteiger partial charge in [0, 0.05) is 40.3 Å². The number of anilines is 1. The molecule has 0 bridgehead atoms. The third-order valence-corrected chi connectivity index (χ3v) is 9.21. The first-order valence-electron chi connectivity index (χ1n) is 16.3. The Kier molecular flexibility index (Phi) is 8.31. The van der Waals surface area contributed by atoms with Crippen molar-refractivity contribution in [1.29, 1.82) is 0 Å². The average Bonchev–Trinajstić information content (AvgIpc) is 3.63. The molecule has 0 saturated heterocycles. The number of nitrogen functional groups attached to an aromatic ring is 1. The fourth-order valence-corrected chi connectivity index (χ4v) is 6.93. The Morgan fingerprint density at radius 1 is 1.06 bits per heavy atom. The fraction of sp³-hybridized carbons (Fsp3) is 0.361. The van der Waals surface area contributed by atoms with Gasteiger partial charge in [0.05, 0.1) is 11.7 Å². The SMILES string of the molecule is CC(C)(C)C#Cc1ccc(-c2cccn3c(N)nnc23)c([C@H](Cc2cc(F)cc(F)c2)NC(=O)Cn2nc(C(F)F)c3c2C(F)(F)[C@@H]2CC[C@H]32)n1. The van der Waals surface area contributed by atoms with Crippen molar-refractivity contribution < 1.29 is 31.1 Å². The lowest BCUT2D eigenvalue weighted by Crippen LogP contribution is -2.36. The highest BCUT2D eigenvalue weighted by molar-refractivity contribution is 5.81. The number of carbonyl (C=O) groups is 1. The standard InChI is InChI=1S/C36H32F6N8O/c1-35(2,3)11-10-21-6-7-22(23-5-4-12-49-33(23)46-47-34(49)43)29(44-21)26(15-18-13-19(37)16-20(38)14-18)45-27(51)17-50-31-28(30(48-50)32(39)40)24-8-9-25(24)36(31,41)42/h4-7,12-14,16,24-26,32H,8-9,15,17H2,1-3H3,(H2,43,47)(H,45,51)/t24-,25+,26-/m0/s1. The predicted molar refractivity (Wildman–Crippen MR) is 174 cm³/mol. The molecular formula is C36H32F6N8O. The van der Waals surface area contributed by atoms with E-state index in [0.29, 0.717) is 39.6 Å². The molecule has 1 aromatic carbocycles. The van der Waals surface area contributed by atoms with Crippen LogP contribution in [0.2, 0.25) is 0 Å². The van der Waals surface area contributed by atoms with Gasteiger partial charge in [-0.15, -0.1) is 10.2 Å². The van der Waals surface area contributed by atoms with Crippen molar-refractivity contribution in [3.05, 3.63) is 94.2 Å². The van der Waals surface area contributed by atoms with Crippen LogP contribution in [-0.2, 0) is 23.7 Å². The van der Waals surface area contributed by atoms with Gasteiger partial charge in [0.1, 0.15) is 35.3 Å². The molecule has 264 valence electrons. The minimum absolute atomic E-state index is 0.106. The number of hydrogen-bond donors (Lipinski definition) is 2. The van der Waals surface area contributed by atoms with Crippen LogP contribution in [0.25, 0.3) is 16.8 Å². The summed E-state index contributed by atoms with van der Waals surface area (Å²) in [5, 5.41) is 14.7. The van der Waals surface area contributed by atoms with E-state index >= 15 is 8.78 Å². The van der Waals surface area contributed by atoms with Gasteiger partial charge in [-0.25, -0.2) is 22.5 Å². The first-order chi connectivity index (χ1) is 24.1. The topological polar surface area (TPSA) is 116 Å². The normalized spacial score (nSPS) is 18.2. The molecule has 0 unspecified atom stereocenters. The molecule has 4 aromatic heterocycles. The molecule has 7 rings (SSSR count). The van der Waals surface area contributed by atoms with Crippen LogP contribution >= 0.6 is 0 Å². The summed E-state index contributed by atoms with van der Waals surface area (Å²) in [5.41, 5.74) is 5.89. The van der Waals surface area contributed by atoms with Crippen molar-refractivity contribution in [3.63, 3.8) is 0 Å². The first-order valence-corrected chi connectivity index (χ1v) is 16.3. The van der Waals surface area contributed by atoms with E-state index in [1.807, 2.05) is 20.8 Å². The van der Waals surface area contributed by atoms with E-state index in [9.17, 15) is 22.4 Å². The summed E-state index contributed by atoms with van der Waals surface area (Å²) >= 11 is 0. The van der Waals surface area contributed by atoms with E-state index in [0.717, 1.165) is 12.1 Å². The zero-order valence-electron chi connectivity index (χ0n) is 27.7. The van der Waals surface area contributed by atoms with Gasteiger partial charge < -0.3 is 11.1 Å². The molecule has 9 nitrogen and oxygen atoms in total. The summed E-state index contributed by atoms with van der Waals surface area (Å²) in [4.78, 5) is 18.6. The summed E-state index contributed by atoms with van der Waals surface area (Å²) in [6.07, 6.45) is -1.19. The Hall–Kier alpha value is -5.39. The first kappa shape index (κ1) is 34.1. The highest BCUT2D eigenvalue weighted by Crippen LogP contribution is 2.63. The van der Waals surface area contributed by atoms with E-state index in [-0.39, 0.29) is 35.6 Å². The van der Waals surface area contributed by atoms with Gasteiger partial charge >= 0.3 is 0 Å². The third kappa shape index (κ3) is 6.28. The van der Waals surface area contributed by atoms with Crippen molar-refractivity contribution in [2.24, 2.45) is 11.3 Å². The number of amides is 1. The minimum atomic E-state index is -3.45. The molecule has 4 heterocycles. The highest BCUT2D eigenvalue weighted by Gasteiger charge is 2.62. The zero-order chi connectivity index (χ0) is 36.4. The van der Waals surface area contributed by atoms with Gasteiger partial charge in [-0.1, -0.05) is 5.92 Å². The van der Waals surface area contributed by atoms with Gasteiger partial charge in [0.25, 0.3) is 12.3 Å². The molecule has 0 spiro atoms. The van der Waals surface area contributed by atoms with Crippen molar-refractivity contribution in [1.82, 2.24) is 34.7 Å². The number of nitrogens with two attached hydrogens (primary N) is 1. The third-order valence-electron chi connectivity index (χ3n) is 9.21. The van der Waals surface area contributed by atoms with Crippen LogP contribution in [0.3, 0.4) is 0 Å². The number of aromatic nitrogens is 6. The van der Waals surface area contributed by atoms with Crippen LogP contribution in [-0.4, -0.2) is 35.3 Å². The Labute approximate surface area is 288 Å². The summed E-state index contributed by atoms with van der Waals surface area (Å²) in [6.45, 7) is 4.90. The number of nitrogens with zero attached hydrogens (tertiary/aromatic N) is 6. The number of fused-ring (bicyclic) bond motifs is 4. The van der Waals surface area contributed by atoms with Crippen molar-refractivity contribution in [3.8, 4) is 23.0 Å². The maximum Gasteiger partial charge on any atom is 0.293 e. The largest absolute Gasteiger partial charge is 0.368 e. The van der Waals surface area contributed by atoms with Crippen molar-refractivity contribution in [2.45, 2.75) is 70.9 Å². The van der Waals surface area contributed by atoms with E-state index < -0.39 is 71.1 Å². The Morgan fingerprint density at radius 3 is 2.47 bits per heavy atom. The summed E-state index contributed by atoms with van der Waals surface area (Å²) in [7, 11) is 0. The maximum atomic E-state index is 15.5. The van der Waals surface area contributed by atoms with Gasteiger partial charge in [0.15, 0.2) is 5.65 Å². The lowest BCUT2D eigenvalue weighted by Gasteiger charge is -2.34. The molecular weight excluding hydrogens is 674 g/mol. The number of nitrogens with one attached hydrogen (secondary N) is 1. The quantitative estimate of drug-likeness (QED) is 0.134. The van der Waals surface area contributed by atoms with Gasteiger partial charge in [-0.3, -0.25) is 13.9 Å². The number of alkyl halides is 4. The lowest BCUT2D eigenvalue weighted by atomic mass is 9.73. The molecule has 2 aliphatic rings. The van der Waals surface area contributed by atoms with Crippen LogP contribution in [0.5, 0.6) is 0 Å². The van der Waals surface area contributed by atoms with Gasteiger partial charge in [0.2, 0.25) is 11.9 Å². The second-order valence-electron chi connectivity index (χ2n) is 13.9. The smallest absolute Gasteiger partial charge is 0.293 e. The summed E-state index contributed by atoms with van der Waals surface area (Å²) in [5.74, 6) is -1.71. The van der Waals surface area contributed by atoms with Crippen molar-refractivity contribution >= 4 is 17.5 Å². The van der Waals surface area contributed by atoms with Crippen LogP contribution in [0.1, 0.15) is 85.9 Å². The molecule has 51 heavy (non-hydrogen) atoms. The molecule has 1 fully saturated rings. The zero-order valence-corrected chi connectivity index (χ0v) is 27.7. The number of hydrogen-bond acceptors (Lipinski definition) is 6.